The average molecular weight is 425 g/mol. The lowest BCUT2D eigenvalue weighted by atomic mass is 10.1. The quantitative estimate of drug-likeness (QED) is 0.458. The van der Waals surface area contributed by atoms with Crippen molar-refractivity contribution in [2.75, 3.05) is 31.1 Å². The number of nitro benzene ring substituents is 1. The first kappa shape index (κ1) is 20.1. The summed E-state index contributed by atoms with van der Waals surface area (Å²) in [5.74, 6) is -0.0363. The first-order valence-electron chi connectivity index (χ1n) is 9.78. The van der Waals surface area contributed by atoms with E-state index in [9.17, 15) is 14.9 Å². The van der Waals surface area contributed by atoms with E-state index in [1.807, 2.05) is 24.0 Å². The highest BCUT2D eigenvalue weighted by atomic mass is 35.5. The van der Waals surface area contributed by atoms with Crippen molar-refractivity contribution in [3.8, 4) is 0 Å². The van der Waals surface area contributed by atoms with Crippen LogP contribution in [0.4, 0.5) is 11.4 Å². The van der Waals surface area contributed by atoms with Crippen molar-refractivity contribution in [2.45, 2.75) is 13.3 Å². The van der Waals surface area contributed by atoms with Crippen molar-refractivity contribution >= 4 is 39.8 Å². The van der Waals surface area contributed by atoms with E-state index >= 15 is 0 Å². The van der Waals surface area contributed by atoms with Crippen molar-refractivity contribution in [1.29, 1.82) is 0 Å². The lowest BCUT2D eigenvalue weighted by Crippen LogP contribution is -2.35. The Labute approximate surface area is 179 Å². The Morgan fingerprint density at radius 3 is 2.67 bits per heavy atom. The van der Waals surface area contributed by atoms with Gasteiger partial charge in [-0.3, -0.25) is 14.9 Å². The topological polar surface area (TPSA) is 79.6 Å². The molecule has 1 aliphatic heterocycles. The monoisotopic (exact) mass is 424 g/mol. The molecule has 4 rings (SSSR count). The third-order valence-corrected chi connectivity index (χ3v) is 5.55. The Morgan fingerprint density at radius 1 is 1.10 bits per heavy atom. The van der Waals surface area contributed by atoms with Crippen molar-refractivity contribution in [1.82, 2.24) is 9.88 Å². The van der Waals surface area contributed by atoms with Gasteiger partial charge < -0.3 is 9.80 Å². The minimum atomic E-state index is -0.396. The van der Waals surface area contributed by atoms with E-state index in [1.54, 1.807) is 30.3 Å². The number of rotatable bonds is 3. The van der Waals surface area contributed by atoms with Gasteiger partial charge in [-0.2, -0.15) is 0 Å². The average Bonchev–Trinajstić information content (AvgIpc) is 2.98. The number of pyridine rings is 1. The predicted octanol–water partition coefficient (Wildman–Crippen LogP) is 4.46. The zero-order chi connectivity index (χ0) is 21.3. The van der Waals surface area contributed by atoms with Gasteiger partial charge in [0.25, 0.3) is 11.6 Å². The number of halogens is 1. The summed E-state index contributed by atoms with van der Waals surface area (Å²) in [5.41, 5.74) is 2.62. The highest BCUT2D eigenvalue weighted by Crippen LogP contribution is 2.32. The molecule has 1 saturated heterocycles. The molecule has 2 heterocycles. The van der Waals surface area contributed by atoms with Crippen LogP contribution < -0.4 is 4.90 Å². The van der Waals surface area contributed by atoms with Crippen LogP contribution in [0.15, 0.2) is 48.5 Å². The second-order valence-electron chi connectivity index (χ2n) is 7.36. The number of carbonyl (C=O) groups excluding carboxylic acids is 1. The number of hydrogen-bond donors (Lipinski definition) is 0. The van der Waals surface area contributed by atoms with Crippen molar-refractivity contribution in [2.24, 2.45) is 0 Å². The SMILES string of the molecule is Cc1cc(N2CCCN(C(=O)c3cccc(Cl)c3)CC2)c2cccc([N+](=O)[O-])c2n1. The second-order valence-corrected chi connectivity index (χ2v) is 7.79. The van der Waals surface area contributed by atoms with Crippen LogP contribution >= 0.6 is 11.6 Å². The summed E-state index contributed by atoms with van der Waals surface area (Å²) in [4.78, 5) is 32.4. The summed E-state index contributed by atoms with van der Waals surface area (Å²) < 4.78 is 0. The molecular formula is C22H21ClN4O3. The summed E-state index contributed by atoms with van der Waals surface area (Å²) in [5, 5.41) is 12.7. The molecule has 30 heavy (non-hydrogen) atoms. The Hall–Kier alpha value is -3.19. The molecule has 0 saturated carbocycles. The van der Waals surface area contributed by atoms with Crippen LogP contribution in [-0.4, -0.2) is 46.9 Å². The first-order valence-corrected chi connectivity index (χ1v) is 10.2. The van der Waals surface area contributed by atoms with Gasteiger partial charge in [-0.05, 0) is 37.6 Å². The highest BCUT2D eigenvalue weighted by Gasteiger charge is 2.23. The van der Waals surface area contributed by atoms with Gasteiger partial charge in [0.15, 0.2) is 5.52 Å². The van der Waals surface area contributed by atoms with E-state index in [2.05, 4.69) is 9.88 Å². The largest absolute Gasteiger partial charge is 0.369 e. The molecule has 0 spiro atoms. The molecule has 0 aliphatic carbocycles. The number of non-ortho nitro benzene ring substituents is 1. The first-order chi connectivity index (χ1) is 14.4. The number of carbonyl (C=O) groups is 1. The van der Waals surface area contributed by atoms with E-state index in [4.69, 9.17) is 11.6 Å². The predicted molar refractivity (Wildman–Crippen MR) is 117 cm³/mol. The number of amides is 1. The molecule has 0 unspecified atom stereocenters. The fraction of sp³-hybridized carbons (Fsp3) is 0.273. The van der Waals surface area contributed by atoms with E-state index in [0.717, 1.165) is 29.7 Å². The van der Waals surface area contributed by atoms with Crippen LogP contribution in [0.25, 0.3) is 10.9 Å². The molecule has 1 amide bonds. The standard InChI is InChI=1S/C22H21ClN4O3/c1-15-13-20(18-7-3-8-19(27(29)30)21(18)24-15)25-9-4-10-26(12-11-25)22(28)16-5-2-6-17(23)14-16/h2-3,5-8,13-14H,4,9-12H2,1H3. The van der Waals surface area contributed by atoms with Gasteiger partial charge in [-0.1, -0.05) is 29.8 Å². The van der Waals surface area contributed by atoms with Crippen LogP contribution in [0, 0.1) is 17.0 Å². The van der Waals surface area contributed by atoms with Gasteiger partial charge >= 0.3 is 0 Å². The molecule has 0 bridgehead atoms. The molecule has 1 aromatic heterocycles. The van der Waals surface area contributed by atoms with Crippen molar-refractivity contribution in [3.63, 3.8) is 0 Å². The minimum Gasteiger partial charge on any atom is -0.369 e. The molecule has 2 aromatic carbocycles. The molecule has 0 atom stereocenters. The Kier molecular flexibility index (Phi) is 5.55. The number of nitro groups is 1. The maximum atomic E-state index is 12.9. The summed E-state index contributed by atoms with van der Waals surface area (Å²) >= 11 is 6.04. The zero-order valence-electron chi connectivity index (χ0n) is 16.5. The lowest BCUT2D eigenvalue weighted by molar-refractivity contribution is -0.383. The van der Waals surface area contributed by atoms with Crippen molar-refractivity contribution < 1.29 is 9.72 Å². The third-order valence-electron chi connectivity index (χ3n) is 5.32. The normalized spacial score (nSPS) is 14.6. The van der Waals surface area contributed by atoms with Crippen molar-refractivity contribution in [3.05, 3.63) is 74.9 Å². The molecule has 8 heteroatoms. The number of benzene rings is 2. The number of nitrogens with zero attached hydrogens (tertiary/aromatic N) is 4. The van der Waals surface area contributed by atoms with Gasteiger partial charge in [0, 0.05) is 59.6 Å². The molecule has 154 valence electrons. The molecule has 3 aromatic rings. The van der Waals surface area contributed by atoms with Gasteiger partial charge in [-0.25, -0.2) is 4.98 Å². The Morgan fingerprint density at radius 2 is 1.90 bits per heavy atom. The van der Waals surface area contributed by atoms with Crippen LogP contribution in [0.3, 0.4) is 0 Å². The lowest BCUT2D eigenvalue weighted by Gasteiger charge is -2.25. The molecule has 7 nitrogen and oxygen atoms in total. The van der Waals surface area contributed by atoms with Gasteiger partial charge in [0.1, 0.15) is 0 Å². The van der Waals surface area contributed by atoms with Crippen LogP contribution in [0.2, 0.25) is 5.02 Å². The van der Waals surface area contributed by atoms with Crippen LogP contribution in [-0.2, 0) is 0 Å². The molecule has 1 fully saturated rings. The van der Waals surface area contributed by atoms with E-state index in [1.165, 1.54) is 6.07 Å². The maximum Gasteiger partial charge on any atom is 0.295 e. The Balaban J connectivity index is 1.62. The molecule has 0 radical (unpaired) electrons. The number of hydrogen-bond acceptors (Lipinski definition) is 5. The fourth-order valence-electron chi connectivity index (χ4n) is 3.91. The van der Waals surface area contributed by atoms with E-state index in [0.29, 0.717) is 35.7 Å². The summed E-state index contributed by atoms with van der Waals surface area (Å²) in [6.07, 6.45) is 0.796. The highest BCUT2D eigenvalue weighted by molar-refractivity contribution is 6.30. The van der Waals surface area contributed by atoms with Gasteiger partial charge in [0.05, 0.1) is 4.92 Å². The fourth-order valence-corrected chi connectivity index (χ4v) is 4.10. The molecular weight excluding hydrogens is 404 g/mol. The third kappa shape index (κ3) is 3.93. The zero-order valence-corrected chi connectivity index (χ0v) is 17.3. The Bertz CT molecular complexity index is 1130. The number of fused-ring (bicyclic) bond motifs is 1. The maximum absolute atomic E-state index is 12.9. The van der Waals surface area contributed by atoms with Gasteiger partial charge in [-0.15, -0.1) is 0 Å². The molecule has 1 aliphatic rings. The molecule has 0 N–H and O–H groups in total. The summed E-state index contributed by atoms with van der Waals surface area (Å²) in [6, 6.07) is 14.0. The number of anilines is 1. The van der Waals surface area contributed by atoms with E-state index in [-0.39, 0.29) is 11.6 Å². The smallest absolute Gasteiger partial charge is 0.295 e. The van der Waals surface area contributed by atoms with Crippen LogP contribution in [0.1, 0.15) is 22.5 Å². The summed E-state index contributed by atoms with van der Waals surface area (Å²) in [6.45, 7) is 4.42. The second kappa shape index (κ2) is 8.28. The van der Waals surface area contributed by atoms with Crippen LogP contribution in [0.5, 0.6) is 0 Å². The number of para-hydroxylation sites is 1. The van der Waals surface area contributed by atoms with Gasteiger partial charge in [0.2, 0.25) is 0 Å². The minimum absolute atomic E-state index is 0.00466. The number of aromatic nitrogens is 1. The summed E-state index contributed by atoms with van der Waals surface area (Å²) in [7, 11) is 0. The van der Waals surface area contributed by atoms with E-state index < -0.39 is 4.92 Å². The number of aryl methyl sites for hydroxylation is 1.